The Morgan fingerprint density at radius 2 is 2.17 bits per heavy atom. The first-order valence-electron chi connectivity index (χ1n) is 8.57. The Hall–Kier alpha value is -2.11. The van der Waals surface area contributed by atoms with Gasteiger partial charge in [0.25, 0.3) is 5.91 Å². The van der Waals surface area contributed by atoms with Crippen molar-refractivity contribution in [1.82, 2.24) is 24.9 Å². The van der Waals surface area contributed by atoms with Gasteiger partial charge in [-0.25, -0.2) is 0 Å². The molecule has 1 atom stereocenters. The summed E-state index contributed by atoms with van der Waals surface area (Å²) < 4.78 is 1.80. The van der Waals surface area contributed by atoms with Crippen LogP contribution in [0.1, 0.15) is 59.0 Å². The van der Waals surface area contributed by atoms with E-state index in [0.29, 0.717) is 5.92 Å². The highest BCUT2D eigenvalue weighted by Crippen LogP contribution is 2.29. The second kappa shape index (κ2) is 5.83. The number of amides is 1. The molecule has 0 saturated carbocycles. The molecule has 0 radical (unpaired) electrons. The number of hydrogen-bond donors (Lipinski definition) is 1. The Morgan fingerprint density at radius 3 is 3.00 bits per heavy atom. The minimum Gasteiger partial charge on any atom is -0.337 e. The average Bonchev–Trinajstić information content (AvgIpc) is 3.21. The minimum absolute atomic E-state index is 0.146. The summed E-state index contributed by atoms with van der Waals surface area (Å²) in [5.74, 6) is 0.506. The van der Waals surface area contributed by atoms with Crippen LogP contribution < -0.4 is 0 Å². The van der Waals surface area contributed by atoms with Gasteiger partial charge in [-0.3, -0.25) is 14.6 Å². The number of likely N-dealkylation sites (tertiary alicyclic amines) is 1. The van der Waals surface area contributed by atoms with Crippen LogP contribution in [-0.2, 0) is 19.9 Å². The number of aromatic nitrogens is 4. The third kappa shape index (κ3) is 2.56. The molecule has 0 bridgehead atoms. The monoisotopic (exact) mass is 313 g/mol. The van der Waals surface area contributed by atoms with Gasteiger partial charge in [0, 0.05) is 43.5 Å². The number of aromatic amines is 1. The van der Waals surface area contributed by atoms with Crippen molar-refractivity contribution in [3.8, 4) is 0 Å². The van der Waals surface area contributed by atoms with Crippen molar-refractivity contribution in [2.75, 3.05) is 13.1 Å². The second-order valence-electron chi connectivity index (χ2n) is 6.71. The molecule has 4 rings (SSSR count). The molecule has 1 aliphatic carbocycles. The normalized spacial score (nSPS) is 21.3. The first-order chi connectivity index (χ1) is 11.2. The summed E-state index contributed by atoms with van der Waals surface area (Å²) >= 11 is 0. The van der Waals surface area contributed by atoms with Gasteiger partial charge in [0.1, 0.15) is 5.69 Å². The maximum atomic E-state index is 13.1. The molecule has 2 aromatic rings. The predicted molar refractivity (Wildman–Crippen MR) is 86.3 cm³/mol. The molecule has 23 heavy (non-hydrogen) atoms. The van der Waals surface area contributed by atoms with Gasteiger partial charge in [-0.05, 0) is 44.6 Å². The Morgan fingerprint density at radius 1 is 1.30 bits per heavy atom. The molecule has 3 heterocycles. The number of fused-ring (bicyclic) bond motifs is 1. The van der Waals surface area contributed by atoms with Crippen LogP contribution in [0.25, 0.3) is 0 Å². The summed E-state index contributed by atoms with van der Waals surface area (Å²) in [5, 5.41) is 11.7. The summed E-state index contributed by atoms with van der Waals surface area (Å²) in [7, 11) is 1.90. The van der Waals surface area contributed by atoms with E-state index >= 15 is 0 Å². The Bertz CT molecular complexity index is 703. The summed E-state index contributed by atoms with van der Waals surface area (Å²) in [5.41, 5.74) is 4.26. The van der Waals surface area contributed by atoms with Crippen molar-refractivity contribution in [1.29, 1.82) is 0 Å². The van der Waals surface area contributed by atoms with Gasteiger partial charge >= 0.3 is 0 Å². The lowest BCUT2D eigenvalue weighted by molar-refractivity contribution is 0.0693. The molecule has 2 aliphatic rings. The molecule has 1 N–H and O–H groups in total. The van der Waals surface area contributed by atoms with Gasteiger partial charge in [-0.1, -0.05) is 0 Å². The lowest BCUT2D eigenvalue weighted by Crippen LogP contribution is -2.40. The molecule has 2 aromatic heterocycles. The molecule has 1 saturated heterocycles. The van der Waals surface area contributed by atoms with E-state index in [1.165, 1.54) is 12.0 Å². The standard InChI is InChI=1S/C17H23N5O/c1-21-16(13-6-2-3-7-15(13)20-21)17(23)22-10-4-5-12(11-22)14-8-9-18-19-14/h8-9,12H,2-7,10-11H2,1H3,(H,18,19)/t12-/m0/s1. The van der Waals surface area contributed by atoms with Gasteiger partial charge in [0.15, 0.2) is 0 Å². The van der Waals surface area contributed by atoms with Gasteiger partial charge in [-0.2, -0.15) is 10.2 Å². The Kier molecular flexibility index (Phi) is 3.67. The molecule has 1 amide bonds. The molecule has 6 heteroatoms. The molecule has 0 aromatic carbocycles. The molecule has 1 fully saturated rings. The highest BCUT2D eigenvalue weighted by Gasteiger charge is 2.31. The van der Waals surface area contributed by atoms with Crippen LogP contribution in [0.4, 0.5) is 0 Å². The summed E-state index contributed by atoms with van der Waals surface area (Å²) in [4.78, 5) is 15.1. The minimum atomic E-state index is 0.146. The Labute approximate surface area is 135 Å². The van der Waals surface area contributed by atoms with Gasteiger partial charge < -0.3 is 4.90 Å². The fourth-order valence-corrected chi connectivity index (χ4v) is 4.01. The highest BCUT2D eigenvalue weighted by molar-refractivity contribution is 5.94. The SMILES string of the molecule is Cn1nc2c(c1C(=O)N1CCC[C@H](c3ccn[nH]3)C1)CCCC2. The largest absolute Gasteiger partial charge is 0.337 e. The summed E-state index contributed by atoms with van der Waals surface area (Å²) in [6.07, 6.45) is 8.27. The van der Waals surface area contributed by atoms with Crippen molar-refractivity contribution in [2.24, 2.45) is 7.05 Å². The summed E-state index contributed by atoms with van der Waals surface area (Å²) in [6, 6.07) is 2.02. The van der Waals surface area contributed by atoms with E-state index in [9.17, 15) is 4.79 Å². The third-order valence-corrected chi connectivity index (χ3v) is 5.19. The molecule has 1 aliphatic heterocycles. The van der Waals surface area contributed by atoms with E-state index in [-0.39, 0.29) is 5.91 Å². The highest BCUT2D eigenvalue weighted by atomic mass is 16.2. The molecule has 122 valence electrons. The van der Waals surface area contributed by atoms with E-state index in [2.05, 4.69) is 15.3 Å². The van der Waals surface area contributed by atoms with Crippen LogP contribution in [0, 0.1) is 0 Å². The molecular formula is C17H23N5O. The zero-order chi connectivity index (χ0) is 15.8. The predicted octanol–water partition coefficient (Wildman–Crippen LogP) is 2.04. The Balaban J connectivity index is 1.58. The van der Waals surface area contributed by atoms with Crippen molar-refractivity contribution in [3.05, 3.63) is 34.9 Å². The van der Waals surface area contributed by atoms with Gasteiger partial charge in [0.2, 0.25) is 0 Å². The van der Waals surface area contributed by atoms with Crippen molar-refractivity contribution in [2.45, 2.75) is 44.4 Å². The van der Waals surface area contributed by atoms with E-state index in [1.807, 2.05) is 18.0 Å². The number of hydrogen-bond acceptors (Lipinski definition) is 3. The first-order valence-corrected chi connectivity index (χ1v) is 8.57. The maximum absolute atomic E-state index is 13.1. The van der Waals surface area contributed by atoms with Crippen LogP contribution in [0.3, 0.4) is 0 Å². The fraction of sp³-hybridized carbons (Fsp3) is 0.588. The smallest absolute Gasteiger partial charge is 0.272 e. The first kappa shape index (κ1) is 14.5. The quantitative estimate of drug-likeness (QED) is 0.922. The van der Waals surface area contributed by atoms with E-state index < -0.39 is 0 Å². The zero-order valence-corrected chi connectivity index (χ0v) is 13.6. The number of nitrogens with one attached hydrogen (secondary N) is 1. The number of nitrogens with zero attached hydrogens (tertiary/aromatic N) is 4. The molecular weight excluding hydrogens is 290 g/mol. The topological polar surface area (TPSA) is 66.8 Å². The van der Waals surface area contributed by atoms with E-state index in [1.54, 1.807) is 10.9 Å². The van der Waals surface area contributed by atoms with Crippen molar-refractivity contribution in [3.63, 3.8) is 0 Å². The zero-order valence-electron chi connectivity index (χ0n) is 13.6. The van der Waals surface area contributed by atoms with Crippen LogP contribution in [0.15, 0.2) is 12.3 Å². The number of H-pyrrole nitrogens is 1. The number of carbonyl (C=O) groups excluding carboxylic acids is 1. The maximum Gasteiger partial charge on any atom is 0.272 e. The lowest BCUT2D eigenvalue weighted by atomic mass is 9.93. The van der Waals surface area contributed by atoms with Crippen molar-refractivity contribution < 1.29 is 4.79 Å². The lowest BCUT2D eigenvalue weighted by Gasteiger charge is -2.32. The van der Waals surface area contributed by atoms with Crippen LogP contribution in [0.2, 0.25) is 0 Å². The number of aryl methyl sites for hydroxylation is 2. The average molecular weight is 313 g/mol. The van der Waals surface area contributed by atoms with Gasteiger partial charge in [0.05, 0.1) is 5.69 Å². The van der Waals surface area contributed by atoms with Crippen molar-refractivity contribution >= 4 is 5.91 Å². The summed E-state index contributed by atoms with van der Waals surface area (Å²) in [6.45, 7) is 1.60. The number of rotatable bonds is 2. The second-order valence-corrected chi connectivity index (χ2v) is 6.71. The van der Waals surface area contributed by atoms with E-state index in [4.69, 9.17) is 0 Å². The van der Waals surface area contributed by atoms with Crippen LogP contribution in [0.5, 0.6) is 0 Å². The number of carbonyl (C=O) groups is 1. The molecule has 6 nitrogen and oxygen atoms in total. The fourth-order valence-electron chi connectivity index (χ4n) is 4.01. The number of piperidine rings is 1. The van der Waals surface area contributed by atoms with E-state index in [0.717, 1.165) is 62.3 Å². The van der Waals surface area contributed by atoms with Gasteiger partial charge in [-0.15, -0.1) is 0 Å². The van der Waals surface area contributed by atoms with Crippen LogP contribution >= 0.6 is 0 Å². The molecule has 0 unspecified atom stereocenters. The third-order valence-electron chi connectivity index (χ3n) is 5.19. The van der Waals surface area contributed by atoms with Crippen LogP contribution in [-0.4, -0.2) is 43.9 Å². The molecule has 0 spiro atoms.